The van der Waals surface area contributed by atoms with Gasteiger partial charge < -0.3 is 4.90 Å². The first-order valence-corrected chi connectivity index (χ1v) is 9.71. The molecule has 3 nitrogen and oxygen atoms in total. The van der Waals surface area contributed by atoms with Crippen LogP contribution >= 0.6 is 22.9 Å². The maximum Gasteiger partial charge on any atom is 0.255 e. The third kappa shape index (κ3) is 2.65. The zero-order chi connectivity index (χ0) is 18.5. The molecule has 0 radical (unpaired) electrons. The minimum Gasteiger partial charge on any atom is -0.323 e. The molecule has 0 N–H and O–H groups in total. The molecule has 26 heavy (non-hydrogen) atoms. The number of para-hydroxylation sites is 1. The summed E-state index contributed by atoms with van der Waals surface area (Å²) in [6.45, 7) is 6.71. The topological polar surface area (TPSA) is 33.2 Å². The largest absolute Gasteiger partial charge is 0.323 e. The van der Waals surface area contributed by atoms with Crippen LogP contribution in [0.15, 0.2) is 54.1 Å². The molecule has 1 aliphatic rings. The maximum atomic E-state index is 13.3. The summed E-state index contributed by atoms with van der Waals surface area (Å²) in [6, 6.07) is 15.6. The van der Waals surface area contributed by atoms with E-state index in [1.807, 2.05) is 54.3 Å². The van der Waals surface area contributed by atoms with E-state index in [9.17, 15) is 4.79 Å². The predicted molar refractivity (Wildman–Crippen MR) is 108 cm³/mol. The van der Waals surface area contributed by atoms with Crippen LogP contribution in [0.25, 0.3) is 15.8 Å². The number of amides is 1. The lowest BCUT2D eigenvalue weighted by Gasteiger charge is -2.34. The van der Waals surface area contributed by atoms with Crippen molar-refractivity contribution in [1.82, 2.24) is 9.88 Å². The van der Waals surface area contributed by atoms with Crippen molar-refractivity contribution in [3.8, 4) is 0 Å². The normalized spacial score (nSPS) is 15.4. The molecule has 2 heterocycles. The number of carbonyl (C=O) groups excluding carboxylic acids is 1. The molecular weight excluding hydrogens is 364 g/mol. The van der Waals surface area contributed by atoms with Crippen molar-refractivity contribution < 1.29 is 4.79 Å². The van der Waals surface area contributed by atoms with Gasteiger partial charge in [0.1, 0.15) is 5.01 Å². The van der Waals surface area contributed by atoms with Crippen LogP contribution in [0.3, 0.4) is 0 Å². The van der Waals surface area contributed by atoms with Crippen LogP contribution in [0, 0.1) is 0 Å². The van der Waals surface area contributed by atoms with Crippen molar-refractivity contribution in [2.45, 2.75) is 26.3 Å². The molecule has 0 fully saturated rings. The summed E-state index contributed by atoms with van der Waals surface area (Å²) in [5.41, 5.74) is 3.04. The van der Waals surface area contributed by atoms with Crippen LogP contribution in [-0.4, -0.2) is 22.3 Å². The van der Waals surface area contributed by atoms with Gasteiger partial charge in [-0.2, -0.15) is 0 Å². The second-order valence-electron chi connectivity index (χ2n) is 7.07. The molecule has 0 spiro atoms. The zero-order valence-electron chi connectivity index (χ0n) is 14.9. The number of aromatic nitrogens is 1. The maximum absolute atomic E-state index is 13.3. The van der Waals surface area contributed by atoms with Gasteiger partial charge in [0.25, 0.3) is 5.91 Å². The number of hydrogen-bond donors (Lipinski definition) is 0. The van der Waals surface area contributed by atoms with Crippen molar-refractivity contribution >= 4 is 44.6 Å². The van der Waals surface area contributed by atoms with Gasteiger partial charge in [0, 0.05) is 22.7 Å². The van der Waals surface area contributed by atoms with Gasteiger partial charge in [0.05, 0.1) is 15.8 Å². The number of fused-ring (bicyclic) bond motifs is 1. The molecule has 0 bridgehead atoms. The molecule has 2 aromatic carbocycles. The Hall–Kier alpha value is -2.17. The molecule has 3 aromatic rings. The first kappa shape index (κ1) is 17.3. The number of halogens is 1. The fourth-order valence-electron chi connectivity index (χ4n) is 3.42. The molecule has 1 aromatic heterocycles. The molecular formula is C21H19ClN2OS. The number of benzene rings is 2. The van der Waals surface area contributed by atoms with Crippen LogP contribution in [0.4, 0.5) is 0 Å². The van der Waals surface area contributed by atoms with Gasteiger partial charge in [-0.15, -0.1) is 11.3 Å². The van der Waals surface area contributed by atoms with E-state index in [-0.39, 0.29) is 5.91 Å². The Balaban J connectivity index is 1.73. The fraction of sp³-hybridized carbons (Fsp3) is 0.238. The lowest BCUT2D eigenvalue weighted by molar-refractivity contribution is -0.128. The minimum absolute atomic E-state index is 0.0138. The van der Waals surface area contributed by atoms with E-state index in [0.717, 1.165) is 26.4 Å². The highest BCUT2D eigenvalue weighted by atomic mass is 35.5. The molecule has 1 amide bonds. The Morgan fingerprint density at radius 3 is 2.54 bits per heavy atom. The van der Waals surface area contributed by atoms with Crippen LogP contribution in [0.5, 0.6) is 0 Å². The lowest BCUT2D eigenvalue weighted by Crippen LogP contribution is -2.43. The van der Waals surface area contributed by atoms with Crippen LogP contribution in [0.2, 0.25) is 5.02 Å². The number of carbonyl (C=O) groups is 1. The number of thiazole rings is 1. The van der Waals surface area contributed by atoms with E-state index in [0.29, 0.717) is 17.1 Å². The summed E-state index contributed by atoms with van der Waals surface area (Å²) in [4.78, 5) is 20.0. The minimum atomic E-state index is -0.495. The highest BCUT2D eigenvalue weighted by Gasteiger charge is 2.41. The van der Waals surface area contributed by atoms with Crippen molar-refractivity contribution in [2.75, 3.05) is 6.54 Å². The summed E-state index contributed by atoms with van der Waals surface area (Å²) in [5, 5.41) is 1.55. The Morgan fingerprint density at radius 2 is 1.81 bits per heavy atom. The summed E-state index contributed by atoms with van der Waals surface area (Å²) in [5.74, 6) is 0.0138. The van der Waals surface area contributed by atoms with Gasteiger partial charge in [-0.3, -0.25) is 4.79 Å². The van der Waals surface area contributed by atoms with Crippen molar-refractivity contribution in [3.63, 3.8) is 0 Å². The van der Waals surface area contributed by atoms with E-state index >= 15 is 0 Å². The summed E-state index contributed by atoms with van der Waals surface area (Å²) in [7, 11) is 0. The van der Waals surface area contributed by atoms with Crippen molar-refractivity contribution in [1.29, 1.82) is 0 Å². The van der Waals surface area contributed by atoms with E-state index in [1.54, 1.807) is 11.3 Å². The van der Waals surface area contributed by atoms with Gasteiger partial charge in [-0.05, 0) is 44.5 Å². The summed E-state index contributed by atoms with van der Waals surface area (Å²) < 4.78 is 1.14. The molecule has 132 valence electrons. The van der Waals surface area contributed by atoms with E-state index in [4.69, 9.17) is 16.6 Å². The van der Waals surface area contributed by atoms with Gasteiger partial charge in [-0.1, -0.05) is 41.9 Å². The van der Waals surface area contributed by atoms with Gasteiger partial charge >= 0.3 is 0 Å². The van der Waals surface area contributed by atoms with Crippen LogP contribution in [-0.2, 0) is 10.3 Å². The molecule has 4 rings (SSSR count). The monoisotopic (exact) mass is 382 g/mol. The third-order valence-corrected chi connectivity index (χ3v) is 6.60. The Labute approximate surface area is 161 Å². The lowest BCUT2D eigenvalue weighted by atomic mass is 10.0. The first-order valence-electron chi connectivity index (χ1n) is 8.52. The number of hydrogen-bond acceptors (Lipinski definition) is 3. The zero-order valence-corrected chi connectivity index (χ0v) is 16.5. The average molecular weight is 383 g/mol. The van der Waals surface area contributed by atoms with Crippen LogP contribution in [0.1, 0.15) is 31.3 Å². The molecule has 0 unspecified atom stereocenters. The Kier molecular flexibility index (Phi) is 4.13. The van der Waals surface area contributed by atoms with Crippen LogP contribution < -0.4 is 0 Å². The summed E-state index contributed by atoms with van der Waals surface area (Å²) in [6.07, 6.45) is 0. The van der Waals surface area contributed by atoms with E-state index in [2.05, 4.69) is 19.9 Å². The Bertz CT molecular complexity index is 1020. The first-order chi connectivity index (χ1) is 12.4. The summed E-state index contributed by atoms with van der Waals surface area (Å²) >= 11 is 8.00. The standard InChI is InChI=1S/C21H19ClN2OS/c1-13-12-24(19(25)18(13)14-8-4-5-9-15(14)22)21(2,3)20-23-16-10-6-7-11-17(16)26-20/h4-11H,12H2,1-3H3. The predicted octanol–water partition coefficient (Wildman–Crippen LogP) is 5.50. The number of nitrogens with zero attached hydrogens (tertiary/aromatic N) is 2. The second kappa shape index (κ2) is 6.22. The van der Waals surface area contributed by atoms with Crippen molar-refractivity contribution in [3.05, 3.63) is 69.7 Å². The highest BCUT2D eigenvalue weighted by molar-refractivity contribution is 7.18. The fourth-order valence-corrected chi connectivity index (χ4v) is 4.72. The third-order valence-electron chi connectivity index (χ3n) is 4.92. The van der Waals surface area contributed by atoms with Gasteiger partial charge in [0.2, 0.25) is 0 Å². The highest BCUT2D eigenvalue weighted by Crippen LogP contribution is 2.41. The van der Waals surface area contributed by atoms with E-state index < -0.39 is 5.54 Å². The molecule has 5 heteroatoms. The SMILES string of the molecule is CC1=C(c2ccccc2Cl)C(=O)N(C(C)(C)c2nc3ccccc3s2)C1. The molecule has 0 aliphatic carbocycles. The molecule has 0 atom stereocenters. The van der Waals surface area contributed by atoms with Gasteiger partial charge in [0.15, 0.2) is 0 Å². The number of rotatable bonds is 3. The molecule has 0 saturated heterocycles. The second-order valence-corrected chi connectivity index (χ2v) is 8.51. The molecule has 0 saturated carbocycles. The van der Waals surface area contributed by atoms with E-state index in [1.165, 1.54) is 0 Å². The van der Waals surface area contributed by atoms with Gasteiger partial charge in [-0.25, -0.2) is 4.98 Å². The smallest absolute Gasteiger partial charge is 0.255 e. The quantitative estimate of drug-likeness (QED) is 0.599. The van der Waals surface area contributed by atoms with Crippen molar-refractivity contribution in [2.24, 2.45) is 0 Å². The Morgan fingerprint density at radius 1 is 1.12 bits per heavy atom. The average Bonchev–Trinajstić information content (AvgIpc) is 3.18. The molecule has 1 aliphatic heterocycles.